The van der Waals surface area contributed by atoms with Gasteiger partial charge in [-0.05, 0) is 0 Å². The Bertz CT molecular complexity index is 657. The highest BCUT2D eigenvalue weighted by Gasteiger charge is 2.43. The number of nitrogens with zero attached hydrogens (tertiary/aromatic N) is 4. The van der Waals surface area contributed by atoms with Crippen molar-refractivity contribution in [1.82, 2.24) is 19.7 Å². The van der Waals surface area contributed by atoms with Crippen molar-refractivity contribution < 1.29 is 26.7 Å². The molecule has 2 aliphatic rings. The third-order valence-corrected chi connectivity index (χ3v) is 5.50. The van der Waals surface area contributed by atoms with Gasteiger partial charge in [-0.15, -0.1) is 10.2 Å². The highest BCUT2D eigenvalue weighted by molar-refractivity contribution is 7.91. The van der Waals surface area contributed by atoms with Gasteiger partial charge in [0.1, 0.15) is 5.82 Å². The molecule has 2 atom stereocenters. The quantitative estimate of drug-likeness (QED) is 0.732. The van der Waals surface area contributed by atoms with Crippen molar-refractivity contribution >= 4 is 9.84 Å². The Hall–Kier alpha value is -1.20. The summed E-state index contributed by atoms with van der Waals surface area (Å²) >= 11 is 0. The smallest absolute Gasteiger partial charge is 0.390 e. The molecule has 1 N–H and O–H groups in total. The fraction of sp³-hybridized carbons (Fsp3) is 0.800. The molecular formula is C10H13F3N4O3S. The van der Waals surface area contributed by atoms with E-state index >= 15 is 0 Å². The van der Waals surface area contributed by atoms with Crippen molar-refractivity contribution in [3.8, 4) is 0 Å². The van der Waals surface area contributed by atoms with Gasteiger partial charge in [0.2, 0.25) is 5.82 Å². The summed E-state index contributed by atoms with van der Waals surface area (Å²) in [4.78, 5) is 1.65. The number of rotatable bonds is 1. The van der Waals surface area contributed by atoms with Gasteiger partial charge in [-0.2, -0.15) is 13.2 Å². The van der Waals surface area contributed by atoms with Gasteiger partial charge < -0.3 is 9.67 Å². The van der Waals surface area contributed by atoms with E-state index in [9.17, 15) is 26.7 Å². The molecule has 0 spiro atoms. The molecule has 118 valence electrons. The SMILES string of the molecule is O=S1(=O)CC(O)C(N2CCn3c(nnc3C(F)(F)F)C2)C1. The van der Waals surface area contributed by atoms with Gasteiger partial charge >= 0.3 is 6.18 Å². The van der Waals surface area contributed by atoms with Gasteiger partial charge in [0.05, 0.1) is 30.2 Å². The molecule has 0 amide bonds. The summed E-state index contributed by atoms with van der Waals surface area (Å²) in [6.07, 6.45) is -5.59. The molecule has 1 aromatic rings. The number of aromatic nitrogens is 3. The van der Waals surface area contributed by atoms with Crippen LogP contribution in [0.4, 0.5) is 13.2 Å². The van der Waals surface area contributed by atoms with Crippen LogP contribution in [0.3, 0.4) is 0 Å². The lowest BCUT2D eigenvalue weighted by atomic mass is 10.1. The summed E-state index contributed by atoms with van der Waals surface area (Å²) in [5.41, 5.74) is 0. The van der Waals surface area contributed by atoms with E-state index in [1.54, 1.807) is 4.90 Å². The molecule has 2 aliphatic heterocycles. The van der Waals surface area contributed by atoms with Crippen LogP contribution in [-0.4, -0.2) is 63.4 Å². The number of fused-ring (bicyclic) bond motifs is 1. The zero-order valence-electron chi connectivity index (χ0n) is 10.8. The van der Waals surface area contributed by atoms with Gasteiger partial charge in [-0.3, -0.25) is 4.90 Å². The lowest BCUT2D eigenvalue weighted by Gasteiger charge is -2.33. The first kappa shape index (κ1) is 14.7. The second-order valence-corrected chi connectivity index (χ2v) is 7.43. The summed E-state index contributed by atoms with van der Waals surface area (Å²) in [7, 11) is -3.30. The second-order valence-electron chi connectivity index (χ2n) is 5.27. The summed E-state index contributed by atoms with van der Waals surface area (Å²) in [6.45, 7) is 0.270. The molecule has 11 heteroatoms. The molecule has 0 saturated carbocycles. The van der Waals surface area contributed by atoms with E-state index in [-0.39, 0.29) is 37.0 Å². The minimum Gasteiger partial charge on any atom is -0.390 e. The molecule has 1 saturated heterocycles. The third-order valence-electron chi connectivity index (χ3n) is 3.80. The normalized spacial score (nSPS) is 29.5. The van der Waals surface area contributed by atoms with Crippen molar-refractivity contribution in [3.05, 3.63) is 11.6 Å². The molecule has 0 aromatic carbocycles. The van der Waals surface area contributed by atoms with E-state index in [0.717, 1.165) is 4.57 Å². The van der Waals surface area contributed by atoms with Crippen LogP contribution in [0.25, 0.3) is 0 Å². The van der Waals surface area contributed by atoms with E-state index < -0.39 is 34.0 Å². The Balaban J connectivity index is 1.82. The Morgan fingerprint density at radius 1 is 1.19 bits per heavy atom. The lowest BCUT2D eigenvalue weighted by molar-refractivity contribution is -0.148. The van der Waals surface area contributed by atoms with Gasteiger partial charge in [0.25, 0.3) is 0 Å². The van der Waals surface area contributed by atoms with Crippen LogP contribution in [0.15, 0.2) is 0 Å². The van der Waals surface area contributed by atoms with Crippen LogP contribution in [0.5, 0.6) is 0 Å². The fourth-order valence-electron chi connectivity index (χ4n) is 2.83. The Morgan fingerprint density at radius 2 is 1.90 bits per heavy atom. The van der Waals surface area contributed by atoms with Gasteiger partial charge in [-0.25, -0.2) is 8.42 Å². The maximum absolute atomic E-state index is 12.7. The summed E-state index contributed by atoms with van der Waals surface area (Å²) in [6, 6.07) is -0.602. The lowest BCUT2D eigenvalue weighted by Crippen LogP contribution is -2.47. The molecule has 0 aliphatic carbocycles. The second kappa shape index (κ2) is 4.65. The highest BCUT2D eigenvalue weighted by Crippen LogP contribution is 2.30. The summed E-state index contributed by atoms with van der Waals surface area (Å²) < 4.78 is 62.1. The van der Waals surface area contributed by atoms with Crippen molar-refractivity contribution in [3.63, 3.8) is 0 Å². The van der Waals surface area contributed by atoms with E-state index in [0.29, 0.717) is 0 Å². The molecule has 1 fully saturated rings. The maximum atomic E-state index is 12.7. The van der Waals surface area contributed by atoms with Crippen LogP contribution < -0.4 is 0 Å². The first-order valence-electron chi connectivity index (χ1n) is 6.29. The molecule has 3 heterocycles. The number of aliphatic hydroxyl groups is 1. The van der Waals surface area contributed by atoms with Crippen LogP contribution in [-0.2, 0) is 29.1 Å². The van der Waals surface area contributed by atoms with Crippen LogP contribution in [0, 0.1) is 0 Å². The first-order valence-corrected chi connectivity index (χ1v) is 8.11. The van der Waals surface area contributed by atoms with Gasteiger partial charge in [-0.1, -0.05) is 0 Å². The number of halogens is 3. The van der Waals surface area contributed by atoms with E-state index in [1.807, 2.05) is 0 Å². The average Bonchev–Trinajstić information content (AvgIpc) is 2.88. The topological polar surface area (TPSA) is 88.3 Å². The van der Waals surface area contributed by atoms with Crippen molar-refractivity contribution in [2.24, 2.45) is 0 Å². The van der Waals surface area contributed by atoms with Crippen molar-refractivity contribution in [2.75, 3.05) is 18.1 Å². The van der Waals surface area contributed by atoms with E-state index in [2.05, 4.69) is 10.2 Å². The monoisotopic (exact) mass is 326 g/mol. The van der Waals surface area contributed by atoms with Gasteiger partial charge in [0, 0.05) is 13.1 Å². The summed E-state index contributed by atoms with van der Waals surface area (Å²) in [5.74, 6) is -1.41. The number of hydrogen-bond donors (Lipinski definition) is 1. The molecule has 0 bridgehead atoms. The third kappa shape index (κ3) is 2.64. The zero-order chi connectivity index (χ0) is 15.4. The predicted molar refractivity (Wildman–Crippen MR) is 63.9 cm³/mol. The van der Waals surface area contributed by atoms with Crippen molar-refractivity contribution in [1.29, 1.82) is 0 Å². The van der Waals surface area contributed by atoms with Crippen LogP contribution >= 0.6 is 0 Å². The van der Waals surface area contributed by atoms with Crippen LogP contribution in [0.2, 0.25) is 0 Å². The Kier molecular flexibility index (Phi) is 3.26. The van der Waals surface area contributed by atoms with Crippen LogP contribution in [0.1, 0.15) is 11.6 Å². The largest absolute Gasteiger partial charge is 0.451 e. The van der Waals surface area contributed by atoms with E-state index in [1.165, 1.54) is 0 Å². The number of aliphatic hydroxyl groups excluding tert-OH is 1. The molecule has 21 heavy (non-hydrogen) atoms. The Labute approximate surface area is 118 Å². The Morgan fingerprint density at radius 3 is 2.48 bits per heavy atom. The molecular weight excluding hydrogens is 313 g/mol. The molecule has 2 unspecified atom stereocenters. The number of hydrogen-bond acceptors (Lipinski definition) is 6. The number of sulfone groups is 1. The molecule has 7 nitrogen and oxygen atoms in total. The average molecular weight is 326 g/mol. The predicted octanol–water partition coefficient (Wildman–Crippen LogP) is -0.730. The standard InChI is InChI=1S/C10H13F3N4O3S/c11-10(12,13)9-15-14-8-3-16(1-2-17(8)9)6-4-21(19,20)5-7(6)18/h6-7,18H,1-5H2. The molecule has 1 aromatic heterocycles. The van der Waals surface area contributed by atoms with E-state index in [4.69, 9.17) is 0 Å². The number of alkyl halides is 3. The fourth-order valence-corrected chi connectivity index (χ4v) is 4.66. The maximum Gasteiger partial charge on any atom is 0.451 e. The minimum absolute atomic E-state index is 0.0143. The van der Waals surface area contributed by atoms with Crippen molar-refractivity contribution in [2.45, 2.75) is 31.4 Å². The minimum atomic E-state index is -4.57. The highest BCUT2D eigenvalue weighted by atomic mass is 32.2. The zero-order valence-corrected chi connectivity index (χ0v) is 11.6. The van der Waals surface area contributed by atoms with Gasteiger partial charge in [0.15, 0.2) is 9.84 Å². The summed E-state index contributed by atoms with van der Waals surface area (Å²) in [5, 5.41) is 16.5. The molecule has 3 rings (SSSR count). The molecule has 0 radical (unpaired) electrons. The first-order chi connectivity index (χ1) is 9.67.